The van der Waals surface area contributed by atoms with E-state index < -0.39 is 10.0 Å². The molecule has 2 aromatic heterocycles. The normalized spacial score (nSPS) is 11.7. The van der Waals surface area contributed by atoms with Gasteiger partial charge in [-0.3, -0.25) is 9.78 Å². The van der Waals surface area contributed by atoms with Crippen molar-refractivity contribution in [2.75, 3.05) is 0 Å². The van der Waals surface area contributed by atoms with Crippen LogP contribution >= 0.6 is 0 Å². The van der Waals surface area contributed by atoms with Crippen LogP contribution in [-0.2, 0) is 10.0 Å². The number of pyridine rings is 1. The smallest absolute Gasteiger partial charge is 0.268 e. The summed E-state index contributed by atoms with van der Waals surface area (Å²) < 4.78 is 26.7. The molecule has 21 heavy (non-hydrogen) atoms. The van der Waals surface area contributed by atoms with E-state index in [1.165, 1.54) is 25.3 Å². The monoisotopic (exact) mass is 300 g/mol. The number of ketones is 1. The number of carbonyl (C=O) groups is 1. The summed E-state index contributed by atoms with van der Waals surface area (Å²) in [7, 11) is -3.83. The second-order valence-corrected chi connectivity index (χ2v) is 6.39. The molecule has 3 rings (SSSR count). The minimum atomic E-state index is -3.83. The van der Waals surface area contributed by atoms with Gasteiger partial charge < -0.3 is 0 Å². The number of Topliss-reactive ketones (excluding diaryl/α,β-unsaturated/α-hetero) is 1. The van der Waals surface area contributed by atoms with E-state index in [-0.39, 0.29) is 16.4 Å². The number of nitrogens with zero attached hydrogens (tertiary/aromatic N) is 2. The average Bonchev–Trinajstić information content (AvgIpc) is 2.88. The quantitative estimate of drug-likeness (QED) is 0.697. The second kappa shape index (κ2) is 4.82. The molecule has 0 saturated carbocycles. The summed E-state index contributed by atoms with van der Waals surface area (Å²) in [4.78, 5) is 15.9. The van der Waals surface area contributed by atoms with Gasteiger partial charge in [0.2, 0.25) is 0 Å². The SMILES string of the molecule is CC(=O)c1cc2cnccc2n1S(=O)(=O)c1ccccc1. The Bertz CT molecular complexity index is 928. The van der Waals surface area contributed by atoms with Gasteiger partial charge in [-0.1, -0.05) is 18.2 Å². The predicted octanol–water partition coefficient (Wildman–Crippen LogP) is 2.48. The van der Waals surface area contributed by atoms with Gasteiger partial charge in [0.1, 0.15) is 5.69 Å². The summed E-state index contributed by atoms with van der Waals surface area (Å²) in [6.07, 6.45) is 3.04. The molecule has 0 fully saturated rings. The molecule has 0 aliphatic heterocycles. The van der Waals surface area contributed by atoms with Gasteiger partial charge in [0.05, 0.1) is 10.4 Å². The molecule has 0 amide bonds. The standard InChI is InChI=1S/C15H12N2O3S/c1-11(18)15-9-12-10-16-8-7-14(12)17(15)21(19,20)13-5-3-2-4-6-13/h2-10H,1H3. The van der Waals surface area contributed by atoms with Gasteiger partial charge in [-0.2, -0.15) is 0 Å². The molecule has 5 nitrogen and oxygen atoms in total. The number of carbonyl (C=O) groups excluding carboxylic acids is 1. The van der Waals surface area contributed by atoms with Crippen LogP contribution in [0.25, 0.3) is 10.9 Å². The van der Waals surface area contributed by atoms with E-state index in [1.54, 1.807) is 36.5 Å². The van der Waals surface area contributed by atoms with Crippen LogP contribution in [0.1, 0.15) is 17.4 Å². The van der Waals surface area contributed by atoms with Crippen LogP contribution in [0, 0.1) is 0 Å². The van der Waals surface area contributed by atoms with Gasteiger partial charge in [0.15, 0.2) is 5.78 Å². The van der Waals surface area contributed by atoms with Crippen molar-refractivity contribution in [3.05, 3.63) is 60.6 Å². The zero-order valence-corrected chi connectivity index (χ0v) is 12.0. The summed E-state index contributed by atoms with van der Waals surface area (Å²) in [6.45, 7) is 1.35. The molecule has 1 aromatic carbocycles. The Hall–Kier alpha value is -2.47. The third kappa shape index (κ3) is 2.13. The van der Waals surface area contributed by atoms with Crippen LogP contribution in [0.2, 0.25) is 0 Å². The molecular weight excluding hydrogens is 288 g/mol. The molecule has 3 aromatic rings. The average molecular weight is 300 g/mol. The number of rotatable bonds is 3. The van der Waals surface area contributed by atoms with Crippen LogP contribution in [0.5, 0.6) is 0 Å². The molecule has 0 aliphatic rings. The summed E-state index contributed by atoms with van der Waals surface area (Å²) in [5.41, 5.74) is 0.570. The summed E-state index contributed by atoms with van der Waals surface area (Å²) in [5.74, 6) is -0.314. The van der Waals surface area contributed by atoms with Gasteiger partial charge in [0, 0.05) is 24.7 Å². The van der Waals surface area contributed by atoms with Crippen molar-refractivity contribution in [1.29, 1.82) is 0 Å². The molecule has 0 N–H and O–H groups in total. The summed E-state index contributed by atoms with van der Waals surface area (Å²) in [6, 6.07) is 11.2. The van der Waals surface area contributed by atoms with Crippen LogP contribution in [-0.4, -0.2) is 23.2 Å². The maximum atomic E-state index is 12.8. The molecular formula is C15H12N2O3S. The van der Waals surface area contributed by atoms with Gasteiger partial charge in [-0.15, -0.1) is 0 Å². The topological polar surface area (TPSA) is 69.0 Å². The Kier molecular flexibility index (Phi) is 3.10. The van der Waals surface area contributed by atoms with Crippen molar-refractivity contribution < 1.29 is 13.2 Å². The molecule has 0 spiro atoms. The Morgan fingerprint density at radius 1 is 1.14 bits per heavy atom. The molecule has 106 valence electrons. The van der Waals surface area contributed by atoms with Gasteiger partial charge in [-0.25, -0.2) is 12.4 Å². The lowest BCUT2D eigenvalue weighted by atomic mass is 10.3. The minimum absolute atomic E-state index is 0.127. The number of aromatic nitrogens is 2. The first-order valence-electron chi connectivity index (χ1n) is 6.29. The zero-order chi connectivity index (χ0) is 15.0. The summed E-state index contributed by atoms with van der Waals surface area (Å²) in [5, 5.41) is 0.613. The first kappa shape index (κ1) is 13.5. The highest BCUT2D eigenvalue weighted by Crippen LogP contribution is 2.25. The molecule has 0 aliphatic carbocycles. The van der Waals surface area contributed by atoms with Gasteiger partial charge in [0.25, 0.3) is 10.0 Å². The fourth-order valence-electron chi connectivity index (χ4n) is 2.23. The highest BCUT2D eigenvalue weighted by Gasteiger charge is 2.24. The third-order valence-corrected chi connectivity index (χ3v) is 4.94. The maximum Gasteiger partial charge on any atom is 0.268 e. The molecule has 0 atom stereocenters. The molecule has 0 bridgehead atoms. The van der Waals surface area contributed by atoms with E-state index in [9.17, 15) is 13.2 Å². The second-order valence-electron chi connectivity index (χ2n) is 4.60. The largest absolute Gasteiger partial charge is 0.293 e. The van der Waals surface area contributed by atoms with Crippen molar-refractivity contribution in [2.24, 2.45) is 0 Å². The Labute approximate surface area is 121 Å². The highest BCUT2D eigenvalue weighted by molar-refractivity contribution is 7.90. The maximum absolute atomic E-state index is 12.8. The number of hydrogen-bond donors (Lipinski definition) is 0. The lowest BCUT2D eigenvalue weighted by Gasteiger charge is -2.10. The van der Waals surface area contributed by atoms with E-state index in [1.807, 2.05) is 0 Å². The van der Waals surface area contributed by atoms with Crippen LogP contribution in [0.15, 0.2) is 59.8 Å². The predicted molar refractivity (Wildman–Crippen MR) is 78.8 cm³/mol. The number of benzene rings is 1. The van der Waals surface area contributed by atoms with E-state index in [4.69, 9.17) is 0 Å². The molecule has 0 radical (unpaired) electrons. The van der Waals surface area contributed by atoms with Gasteiger partial charge >= 0.3 is 0 Å². The fourth-order valence-corrected chi connectivity index (χ4v) is 3.81. The number of fused-ring (bicyclic) bond motifs is 1. The Morgan fingerprint density at radius 2 is 1.86 bits per heavy atom. The molecule has 0 unspecified atom stereocenters. The molecule has 2 heterocycles. The van der Waals surface area contributed by atoms with Crippen LogP contribution < -0.4 is 0 Å². The van der Waals surface area contributed by atoms with Crippen LogP contribution in [0.3, 0.4) is 0 Å². The van der Waals surface area contributed by atoms with E-state index >= 15 is 0 Å². The summed E-state index contributed by atoms with van der Waals surface area (Å²) >= 11 is 0. The van der Waals surface area contributed by atoms with Crippen molar-refractivity contribution >= 4 is 26.7 Å². The lowest BCUT2D eigenvalue weighted by Crippen LogP contribution is -2.17. The molecule has 6 heteroatoms. The fraction of sp³-hybridized carbons (Fsp3) is 0.0667. The van der Waals surface area contributed by atoms with E-state index in [0.29, 0.717) is 10.9 Å². The van der Waals surface area contributed by atoms with Crippen molar-refractivity contribution in [3.63, 3.8) is 0 Å². The minimum Gasteiger partial charge on any atom is -0.293 e. The van der Waals surface area contributed by atoms with Crippen molar-refractivity contribution in [1.82, 2.24) is 8.96 Å². The van der Waals surface area contributed by atoms with E-state index in [2.05, 4.69) is 4.98 Å². The highest BCUT2D eigenvalue weighted by atomic mass is 32.2. The Morgan fingerprint density at radius 3 is 2.52 bits per heavy atom. The zero-order valence-electron chi connectivity index (χ0n) is 11.2. The first-order valence-corrected chi connectivity index (χ1v) is 7.73. The van der Waals surface area contributed by atoms with Crippen molar-refractivity contribution in [2.45, 2.75) is 11.8 Å². The lowest BCUT2D eigenvalue weighted by molar-refractivity contribution is 0.101. The van der Waals surface area contributed by atoms with Crippen LogP contribution in [0.4, 0.5) is 0 Å². The Balaban J connectivity index is 2.39. The van der Waals surface area contributed by atoms with Crippen molar-refractivity contribution in [3.8, 4) is 0 Å². The van der Waals surface area contributed by atoms with E-state index in [0.717, 1.165) is 3.97 Å². The molecule has 0 saturated heterocycles. The first-order chi connectivity index (χ1) is 10.0. The number of hydrogen-bond acceptors (Lipinski definition) is 4. The third-order valence-electron chi connectivity index (χ3n) is 3.20. The van der Waals surface area contributed by atoms with Gasteiger partial charge in [-0.05, 0) is 24.3 Å².